The van der Waals surface area contributed by atoms with Gasteiger partial charge in [-0.25, -0.2) is 0 Å². The third kappa shape index (κ3) is 4.18. The monoisotopic (exact) mass is 266 g/mol. The highest BCUT2D eigenvalue weighted by atomic mass is 32.2. The Balaban J connectivity index is 0.000000225. The first-order valence-corrected chi connectivity index (χ1v) is 6.66. The molecule has 2 heterocycles. The molecule has 4 N–H and O–H groups in total. The van der Waals surface area contributed by atoms with Crippen molar-refractivity contribution in [3.63, 3.8) is 0 Å². The van der Waals surface area contributed by atoms with Crippen LogP contribution in [0.5, 0.6) is 5.75 Å². The molecule has 0 atom stereocenters. The van der Waals surface area contributed by atoms with Gasteiger partial charge in [-0.1, -0.05) is 18.2 Å². The molecule has 0 saturated heterocycles. The molecule has 0 bridgehead atoms. The highest BCUT2D eigenvalue weighted by molar-refractivity contribution is 8.02. The van der Waals surface area contributed by atoms with Crippen molar-refractivity contribution in [1.82, 2.24) is 4.98 Å². The number of nitrogens with two attached hydrogens (primary N) is 1. The first kappa shape index (κ1) is 14.8. The fourth-order valence-electron chi connectivity index (χ4n) is 1.39. The van der Waals surface area contributed by atoms with Crippen LogP contribution in [0.25, 0.3) is 0 Å². The SMILES string of the molecule is C1=CCSC=C1.Cc1ncc(CO)c(CN)c1O. The number of hydrogen-bond donors (Lipinski definition) is 3. The van der Waals surface area contributed by atoms with Gasteiger partial charge in [0.1, 0.15) is 5.75 Å². The van der Waals surface area contributed by atoms with Crippen molar-refractivity contribution in [3.05, 3.63) is 46.7 Å². The Bertz CT molecular complexity index is 433. The third-order valence-electron chi connectivity index (χ3n) is 2.42. The quantitative estimate of drug-likeness (QED) is 0.761. The van der Waals surface area contributed by atoms with Gasteiger partial charge < -0.3 is 15.9 Å². The van der Waals surface area contributed by atoms with Crippen LogP contribution in [0.2, 0.25) is 0 Å². The van der Waals surface area contributed by atoms with Gasteiger partial charge in [-0.15, -0.1) is 11.8 Å². The second kappa shape index (κ2) is 7.92. The first-order valence-electron chi connectivity index (χ1n) is 5.61. The molecule has 1 aliphatic heterocycles. The summed E-state index contributed by atoms with van der Waals surface area (Å²) in [7, 11) is 0. The zero-order valence-corrected chi connectivity index (χ0v) is 11.2. The van der Waals surface area contributed by atoms with Crippen molar-refractivity contribution in [2.75, 3.05) is 5.75 Å². The molecular weight excluding hydrogens is 248 g/mol. The van der Waals surface area contributed by atoms with Gasteiger partial charge in [-0.2, -0.15) is 0 Å². The Labute approximate surface area is 111 Å². The molecule has 18 heavy (non-hydrogen) atoms. The lowest BCUT2D eigenvalue weighted by atomic mass is 10.1. The van der Waals surface area contributed by atoms with Gasteiger partial charge in [-0.3, -0.25) is 4.98 Å². The van der Waals surface area contributed by atoms with Crippen molar-refractivity contribution < 1.29 is 10.2 Å². The molecule has 0 radical (unpaired) electrons. The van der Waals surface area contributed by atoms with E-state index in [1.54, 1.807) is 6.92 Å². The maximum atomic E-state index is 9.46. The van der Waals surface area contributed by atoms with E-state index in [9.17, 15) is 5.11 Å². The summed E-state index contributed by atoms with van der Waals surface area (Å²) in [5.41, 5.74) is 7.09. The lowest BCUT2D eigenvalue weighted by molar-refractivity contribution is 0.279. The molecule has 98 valence electrons. The van der Waals surface area contributed by atoms with Crippen molar-refractivity contribution in [2.45, 2.75) is 20.1 Å². The molecule has 0 fully saturated rings. The summed E-state index contributed by atoms with van der Waals surface area (Å²) < 4.78 is 0. The van der Waals surface area contributed by atoms with Crippen molar-refractivity contribution in [2.24, 2.45) is 5.73 Å². The summed E-state index contributed by atoms with van der Waals surface area (Å²) in [6.45, 7) is 1.76. The summed E-state index contributed by atoms with van der Waals surface area (Å²) in [6.07, 6.45) is 7.78. The van der Waals surface area contributed by atoms with Crippen LogP contribution >= 0.6 is 11.8 Å². The standard InChI is InChI=1S/C8H12N2O2.C5H6S/c1-5-8(12)7(2-9)6(4-11)3-10-5;1-2-4-6-5-3-1/h3,11-12H,2,4,9H2,1H3;1-4H,5H2. The van der Waals surface area contributed by atoms with Crippen LogP contribution in [0.4, 0.5) is 0 Å². The average molecular weight is 266 g/mol. The maximum absolute atomic E-state index is 9.46. The minimum atomic E-state index is -0.145. The number of hydrogen-bond acceptors (Lipinski definition) is 5. The van der Waals surface area contributed by atoms with Crippen LogP contribution in [0, 0.1) is 6.92 Å². The van der Waals surface area contributed by atoms with Gasteiger partial charge in [0.2, 0.25) is 0 Å². The Morgan fingerprint density at radius 1 is 1.44 bits per heavy atom. The number of pyridine rings is 1. The topological polar surface area (TPSA) is 79.4 Å². The lowest BCUT2D eigenvalue weighted by Crippen LogP contribution is -2.04. The number of aliphatic hydroxyl groups is 1. The van der Waals surface area contributed by atoms with Gasteiger partial charge in [-0.05, 0) is 12.3 Å². The van der Waals surface area contributed by atoms with Crippen LogP contribution in [0.15, 0.2) is 29.8 Å². The minimum Gasteiger partial charge on any atom is -0.506 e. The Morgan fingerprint density at radius 3 is 2.61 bits per heavy atom. The number of allylic oxidation sites excluding steroid dienone is 2. The van der Waals surface area contributed by atoms with Crippen molar-refractivity contribution >= 4 is 11.8 Å². The molecule has 1 aromatic heterocycles. The van der Waals surface area contributed by atoms with E-state index in [0.29, 0.717) is 16.8 Å². The van der Waals surface area contributed by atoms with Crippen LogP contribution < -0.4 is 5.73 Å². The van der Waals surface area contributed by atoms with E-state index in [1.807, 2.05) is 17.8 Å². The summed E-state index contributed by atoms with van der Waals surface area (Å²) in [6, 6.07) is 0. The van der Waals surface area contributed by atoms with Gasteiger partial charge >= 0.3 is 0 Å². The highest BCUT2D eigenvalue weighted by Crippen LogP contribution is 2.22. The van der Waals surface area contributed by atoms with E-state index in [1.165, 1.54) is 6.20 Å². The molecule has 5 heteroatoms. The number of aromatic nitrogens is 1. The maximum Gasteiger partial charge on any atom is 0.141 e. The van der Waals surface area contributed by atoms with E-state index >= 15 is 0 Å². The number of thioether (sulfide) groups is 1. The number of nitrogens with zero attached hydrogens (tertiary/aromatic N) is 1. The van der Waals surface area contributed by atoms with Crippen LogP contribution in [0.1, 0.15) is 16.8 Å². The number of aliphatic hydroxyl groups excluding tert-OH is 1. The molecule has 0 unspecified atom stereocenters. The van der Waals surface area contributed by atoms with E-state index in [-0.39, 0.29) is 18.9 Å². The Hall–Kier alpha value is -1.30. The summed E-state index contributed by atoms with van der Waals surface area (Å²) >= 11 is 1.83. The number of rotatable bonds is 2. The van der Waals surface area contributed by atoms with E-state index in [0.717, 1.165) is 5.75 Å². The van der Waals surface area contributed by atoms with Crippen LogP contribution in [-0.4, -0.2) is 20.9 Å². The van der Waals surface area contributed by atoms with Crippen LogP contribution in [-0.2, 0) is 13.2 Å². The van der Waals surface area contributed by atoms with Gasteiger partial charge in [0, 0.05) is 29.6 Å². The largest absolute Gasteiger partial charge is 0.506 e. The fraction of sp³-hybridized carbons (Fsp3) is 0.308. The predicted octanol–water partition coefficient (Wildman–Crippen LogP) is 1.85. The van der Waals surface area contributed by atoms with Crippen molar-refractivity contribution in [3.8, 4) is 5.75 Å². The smallest absolute Gasteiger partial charge is 0.141 e. The fourth-order valence-corrected chi connectivity index (χ4v) is 1.93. The van der Waals surface area contributed by atoms with E-state index in [2.05, 4.69) is 22.5 Å². The lowest BCUT2D eigenvalue weighted by Gasteiger charge is -2.08. The summed E-state index contributed by atoms with van der Waals surface area (Å²) in [4.78, 5) is 3.89. The second-order valence-electron chi connectivity index (χ2n) is 3.65. The molecule has 0 amide bonds. The second-order valence-corrected chi connectivity index (χ2v) is 4.59. The van der Waals surface area contributed by atoms with E-state index in [4.69, 9.17) is 10.8 Å². The number of aromatic hydroxyl groups is 1. The van der Waals surface area contributed by atoms with Crippen molar-refractivity contribution in [1.29, 1.82) is 0 Å². The molecule has 2 rings (SSSR count). The molecule has 0 saturated carbocycles. The molecule has 1 aromatic rings. The van der Waals surface area contributed by atoms with Gasteiger partial charge in [0.05, 0.1) is 12.3 Å². The zero-order valence-electron chi connectivity index (χ0n) is 10.3. The predicted molar refractivity (Wildman–Crippen MR) is 75.2 cm³/mol. The molecule has 0 aliphatic carbocycles. The Kier molecular flexibility index (Phi) is 6.49. The zero-order chi connectivity index (χ0) is 13.4. The Morgan fingerprint density at radius 2 is 2.22 bits per heavy atom. The first-order chi connectivity index (χ1) is 8.70. The molecular formula is C13H18N2O2S. The molecule has 0 spiro atoms. The minimum absolute atomic E-state index is 0.0871. The normalized spacial score (nSPS) is 13.1. The summed E-state index contributed by atoms with van der Waals surface area (Å²) in [5, 5.41) is 20.4. The molecule has 1 aliphatic rings. The molecule has 0 aromatic carbocycles. The average Bonchev–Trinajstić information content (AvgIpc) is 2.44. The highest BCUT2D eigenvalue weighted by Gasteiger charge is 2.08. The van der Waals surface area contributed by atoms with Crippen LogP contribution in [0.3, 0.4) is 0 Å². The van der Waals surface area contributed by atoms with Gasteiger partial charge in [0.25, 0.3) is 0 Å². The molecule has 4 nitrogen and oxygen atoms in total. The number of aryl methyl sites for hydroxylation is 1. The van der Waals surface area contributed by atoms with E-state index < -0.39 is 0 Å². The van der Waals surface area contributed by atoms with Gasteiger partial charge in [0.15, 0.2) is 0 Å². The third-order valence-corrected chi connectivity index (χ3v) is 3.15. The summed E-state index contributed by atoms with van der Waals surface area (Å²) in [5.74, 6) is 1.24.